The number of ether oxygens (including phenoxy) is 3. The lowest BCUT2D eigenvalue weighted by molar-refractivity contribution is -0.152. The molecule has 206 valence electrons. The quantitative estimate of drug-likeness (QED) is 0.373. The van der Waals surface area contributed by atoms with Crippen molar-refractivity contribution < 1.29 is 42.1 Å². The van der Waals surface area contributed by atoms with E-state index >= 15 is 0 Å². The summed E-state index contributed by atoms with van der Waals surface area (Å²) in [6.45, 7) is 1.39. The molecule has 3 aromatic rings. The summed E-state index contributed by atoms with van der Waals surface area (Å²) in [5.41, 5.74) is -0.159. The number of aliphatic hydroxyl groups excluding tert-OH is 1. The summed E-state index contributed by atoms with van der Waals surface area (Å²) >= 11 is 0. The van der Waals surface area contributed by atoms with E-state index in [9.17, 15) is 27.9 Å². The van der Waals surface area contributed by atoms with Crippen molar-refractivity contribution in [3.8, 4) is 5.75 Å². The zero-order chi connectivity index (χ0) is 28.0. The van der Waals surface area contributed by atoms with Crippen LogP contribution in [-0.4, -0.2) is 47.4 Å². The molecule has 0 aromatic heterocycles. The fraction of sp³-hybridized carbons (Fsp3) is 0.310. The highest BCUT2D eigenvalue weighted by atomic mass is 19.4. The van der Waals surface area contributed by atoms with Gasteiger partial charge in [-0.05, 0) is 42.2 Å². The molecule has 1 heterocycles. The average molecular weight is 544 g/mol. The molecule has 1 fully saturated rings. The molecular weight excluding hydrogens is 515 g/mol. The van der Waals surface area contributed by atoms with Crippen LogP contribution in [0.4, 0.5) is 18.0 Å². The molecule has 39 heavy (non-hydrogen) atoms. The summed E-state index contributed by atoms with van der Waals surface area (Å²) in [4.78, 5) is 26.8. The molecule has 1 N–H and O–H groups in total. The minimum absolute atomic E-state index is 0.0416. The average Bonchev–Trinajstić information content (AvgIpc) is 3.29. The number of benzene rings is 3. The predicted octanol–water partition coefficient (Wildman–Crippen LogP) is 5.31. The lowest BCUT2D eigenvalue weighted by atomic mass is 9.96. The molecule has 0 bridgehead atoms. The van der Waals surface area contributed by atoms with Gasteiger partial charge < -0.3 is 19.3 Å². The number of aliphatic hydroxyl groups is 1. The zero-order valence-corrected chi connectivity index (χ0v) is 21.1. The van der Waals surface area contributed by atoms with Crippen molar-refractivity contribution in [1.29, 1.82) is 0 Å². The maximum absolute atomic E-state index is 14.1. The first-order valence-corrected chi connectivity index (χ1v) is 12.4. The number of alkyl halides is 3. The molecule has 2 amide bonds. The third-order valence-corrected chi connectivity index (χ3v) is 6.29. The fourth-order valence-electron chi connectivity index (χ4n) is 4.41. The van der Waals surface area contributed by atoms with Gasteiger partial charge in [-0.15, -0.1) is 0 Å². The predicted molar refractivity (Wildman–Crippen MR) is 135 cm³/mol. The van der Waals surface area contributed by atoms with E-state index in [0.29, 0.717) is 0 Å². The van der Waals surface area contributed by atoms with Crippen molar-refractivity contribution in [2.24, 2.45) is 0 Å². The Morgan fingerprint density at radius 1 is 1.05 bits per heavy atom. The van der Waals surface area contributed by atoms with E-state index < -0.39 is 47.6 Å². The van der Waals surface area contributed by atoms with Gasteiger partial charge in [0.25, 0.3) is 5.91 Å². The second-order valence-electron chi connectivity index (χ2n) is 8.97. The Labute approximate surface area is 223 Å². The van der Waals surface area contributed by atoms with E-state index in [4.69, 9.17) is 14.2 Å². The molecule has 0 radical (unpaired) electrons. The largest absolute Gasteiger partial charge is 0.489 e. The van der Waals surface area contributed by atoms with Crippen molar-refractivity contribution in [1.82, 2.24) is 4.90 Å². The molecule has 7 nitrogen and oxygen atoms in total. The van der Waals surface area contributed by atoms with Crippen LogP contribution < -0.4 is 4.74 Å². The summed E-state index contributed by atoms with van der Waals surface area (Å²) in [6.07, 6.45) is -9.35. The Morgan fingerprint density at radius 2 is 1.69 bits per heavy atom. The normalized spacial score (nSPS) is 17.0. The summed E-state index contributed by atoms with van der Waals surface area (Å²) in [5, 5.41) is 11.1. The van der Waals surface area contributed by atoms with Crippen molar-refractivity contribution in [2.75, 3.05) is 13.2 Å². The van der Waals surface area contributed by atoms with Crippen LogP contribution in [0.25, 0.3) is 0 Å². The van der Waals surface area contributed by atoms with Crippen LogP contribution in [0.3, 0.4) is 0 Å². The van der Waals surface area contributed by atoms with Gasteiger partial charge in [0.15, 0.2) is 6.10 Å². The topological polar surface area (TPSA) is 85.3 Å². The van der Waals surface area contributed by atoms with Crippen molar-refractivity contribution in [3.63, 3.8) is 0 Å². The molecule has 1 aliphatic rings. The number of hydrogen-bond acceptors (Lipinski definition) is 6. The van der Waals surface area contributed by atoms with Gasteiger partial charge in [0, 0.05) is 6.61 Å². The van der Waals surface area contributed by atoms with Gasteiger partial charge in [-0.25, -0.2) is 9.69 Å². The Bertz CT molecular complexity index is 1270. The summed E-state index contributed by atoms with van der Waals surface area (Å²) in [6, 6.07) is 20.4. The molecule has 10 heteroatoms. The Kier molecular flexibility index (Phi) is 8.88. The van der Waals surface area contributed by atoms with E-state index in [1.165, 1.54) is 13.0 Å². The van der Waals surface area contributed by atoms with Crippen molar-refractivity contribution >= 4 is 12.0 Å². The van der Waals surface area contributed by atoms with Crippen LogP contribution >= 0.6 is 0 Å². The highest BCUT2D eigenvalue weighted by Gasteiger charge is 2.45. The molecular formula is C29H28F3NO6. The second-order valence-corrected chi connectivity index (χ2v) is 8.97. The molecule has 0 aliphatic carbocycles. The number of halogens is 3. The first kappa shape index (κ1) is 28.1. The zero-order valence-electron chi connectivity index (χ0n) is 21.1. The Morgan fingerprint density at radius 3 is 2.31 bits per heavy atom. The first-order valence-electron chi connectivity index (χ1n) is 12.4. The van der Waals surface area contributed by atoms with Crippen LogP contribution in [0, 0.1) is 0 Å². The standard InChI is InChI=1S/C29H28F3NO6/c1-2-37-26(27(35)33-21(18-39-28(33)36)15-19-9-5-3-6-10-19)25(34)23-14-13-22(16-24(23)29(30,31)32)38-17-20-11-7-4-8-12-20/h3-14,16,21,25-26,34H,2,15,17-18H2,1H3/t21?,25-,26+/m1/s1. The van der Waals surface area contributed by atoms with Gasteiger partial charge in [-0.2, -0.15) is 13.2 Å². The number of carbonyl (C=O) groups excluding carboxylic acids is 2. The number of nitrogens with zero attached hydrogens (tertiary/aromatic N) is 1. The van der Waals surface area contributed by atoms with Crippen molar-refractivity contribution in [2.45, 2.75) is 44.4 Å². The van der Waals surface area contributed by atoms with E-state index in [-0.39, 0.29) is 32.0 Å². The van der Waals surface area contributed by atoms with Gasteiger partial charge in [0.2, 0.25) is 0 Å². The number of hydrogen-bond donors (Lipinski definition) is 1. The van der Waals surface area contributed by atoms with Crippen molar-refractivity contribution in [3.05, 3.63) is 101 Å². The van der Waals surface area contributed by atoms with Crippen LogP contribution in [0.1, 0.15) is 35.3 Å². The van der Waals surface area contributed by atoms with E-state index in [1.807, 2.05) is 24.3 Å². The van der Waals surface area contributed by atoms with E-state index in [0.717, 1.165) is 28.2 Å². The van der Waals surface area contributed by atoms with E-state index in [1.54, 1.807) is 36.4 Å². The number of amides is 2. The number of rotatable bonds is 10. The summed E-state index contributed by atoms with van der Waals surface area (Å²) in [5.74, 6) is -1.04. The maximum Gasteiger partial charge on any atom is 0.417 e. The smallest absolute Gasteiger partial charge is 0.417 e. The molecule has 4 rings (SSSR count). The monoisotopic (exact) mass is 543 g/mol. The fourth-order valence-corrected chi connectivity index (χ4v) is 4.41. The number of carbonyl (C=O) groups is 2. The summed E-state index contributed by atoms with van der Waals surface area (Å²) in [7, 11) is 0. The molecule has 0 saturated carbocycles. The molecule has 1 unspecified atom stereocenters. The SMILES string of the molecule is CCO[C@H](C(=O)N1C(=O)OCC1Cc1ccccc1)[C@H](O)c1ccc(OCc2ccccc2)cc1C(F)(F)F. The molecule has 0 spiro atoms. The third kappa shape index (κ3) is 6.76. The Balaban J connectivity index is 1.59. The maximum atomic E-state index is 14.1. The van der Waals surface area contributed by atoms with Gasteiger partial charge in [0.1, 0.15) is 25.1 Å². The minimum Gasteiger partial charge on any atom is -0.489 e. The molecule has 3 atom stereocenters. The van der Waals surface area contributed by atoms with Crippen LogP contribution in [-0.2, 0) is 33.5 Å². The van der Waals surface area contributed by atoms with Crippen LogP contribution in [0.5, 0.6) is 5.75 Å². The van der Waals surface area contributed by atoms with E-state index in [2.05, 4.69) is 0 Å². The lowest BCUT2D eigenvalue weighted by Crippen LogP contribution is -2.48. The second kappa shape index (κ2) is 12.3. The Hall–Kier alpha value is -3.89. The molecule has 3 aromatic carbocycles. The van der Waals surface area contributed by atoms with Gasteiger partial charge in [-0.1, -0.05) is 66.7 Å². The lowest BCUT2D eigenvalue weighted by Gasteiger charge is -2.29. The van der Waals surface area contributed by atoms with Gasteiger partial charge in [-0.3, -0.25) is 4.79 Å². The number of cyclic esters (lactones) is 1. The van der Waals surface area contributed by atoms with Gasteiger partial charge >= 0.3 is 12.3 Å². The highest BCUT2D eigenvalue weighted by molar-refractivity contribution is 5.96. The van der Waals surface area contributed by atoms with Crippen LogP contribution in [0.2, 0.25) is 0 Å². The molecule has 1 aliphatic heterocycles. The molecule has 1 saturated heterocycles. The first-order chi connectivity index (χ1) is 18.7. The summed E-state index contributed by atoms with van der Waals surface area (Å²) < 4.78 is 58.3. The van der Waals surface area contributed by atoms with Crippen LogP contribution in [0.15, 0.2) is 78.9 Å². The highest BCUT2D eigenvalue weighted by Crippen LogP contribution is 2.39. The minimum atomic E-state index is -4.87. The number of imide groups is 1. The van der Waals surface area contributed by atoms with Gasteiger partial charge in [0.05, 0.1) is 11.6 Å². The third-order valence-electron chi connectivity index (χ3n) is 6.29.